The van der Waals surface area contributed by atoms with Crippen LogP contribution >= 0.6 is 0 Å². The van der Waals surface area contributed by atoms with Crippen LogP contribution in [-0.4, -0.2) is 32.5 Å². The van der Waals surface area contributed by atoms with E-state index >= 15 is 0 Å². The van der Waals surface area contributed by atoms with Gasteiger partial charge in [-0.25, -0.2) is 0 Å². The molecule has 0 heterocycles. The van der Waals surface area contributed by atoms with E-state index in [0.29, 0.717) is 12.8 Å². The summed E-state index contributed by atoms with van der Waals surface area (Å²) in [6, 6.07) is 0. The van der Waals surface area contributed by atoms with Gasteiger partial charge in [-0.15, -0.1) is 0 Å². The van der Waals surface area contributed by atoms with Crippen molar-refractivity contribution in [2.75, 3.05) is 0 Å². The third-order valence-electron chi connectivity index (χ3n) is 8.47. The highest BCUT2D eigenvalue weighted by atomic mass is 16.4. The van der Waals surface area contributed by atoms with E-state index in [0.717, 1.165) is 38.5 Å². The van der Waals surface area contributed by atoms with Crippen molar-refractivity contribution < 1.29 is 20.1 Å². The fraction of sp³-hybridized carbons (Fsp3) is 0.950. The zero-order valence-corrected chi connectivity index (χ0v) is 15.6. The first-order valence-electron chi connectivity index (χ1n) is 9.70. The lowest BCUT2D eigenvalue weighted by Gasteiger charge is -2.67. The Morgan fingerprint density at radius 1 is 0.958 bits per heavy atom. The highest BCUT2D eigenvalue weighted by Gasteiger charge is 2.69. The van der Waals surface area contributed by atoms with E-state index in [1.807, 2.05) is 20.8 Å². The van der Waals surface area contributed by atoms with Crippen LogP contribution in [0.1, 0.15) is 79.1 Å². The molecule has 0 amide bonds. The van der Waals surface area contributed by atoms with Gasteiger partial charge in [-0.05, 0) is 63.7 Å². The molecular weight excluding hydrogens is 304 g/mol. The number of carboxylic acid groups (broad SMARTS) is 1. The summed E-state index contributed by atoms with van der Waals surface area (Å²) in [5.74, 6) is -0.789. The summed E-state index contributed by atoms with van der Waals surface area (Å²) < 4.78 is 0. The van der Waals surface area contributed by atoms with Crippen molar-refractivity contribution in [3.05, 3.63) is 0 Å². The summed E-state index contributed by atoms with van der Waals surface area (Å²) in [6.07, 6.45) is 6.16. The topological polar surface area (TPSA) is 77.8 Å². The Morgan fingerprint density at radius 2 is 1.54 bits per heavy atom. The van der Waals surface area contributed by atoms with Gasteiger partial charge in [0, 0.05) is 11.3 Å². The van der Waals surface area contributed by atoms with Gasteiger partial charge in [0.1, 0.15) is 0 Å². The number of aliphatic carboxylic acids is 1. The summed E-state index contributed by atoms with van der Waals surface area (Å²) in [7, 11) is 0. The largest absolute Gasteiger partial charge is 0.481 e. The monoisotopic (exact) mass is 338 g/mol. The minimum Gasteiger partial charge on any atom is -0.481 e. The van der Waals surface area contributed by atoms with Gasteiger partial charge < -0.3 is 15.3 Å². The van der Waals surface area contributed by atoms with Crippen LogP contribution in [0.25, 0.3) is 0 Å². The molecular formula is C20H34O4. The van der Waals surface area contributed by atoms with E-state index in [4.69, 9.17) is 0 Å². The first kappa shape index (κ1) is 18.2. The van der Waals surface area contributed by atoms with Crippen molar-refractivity contribution >= 4 is 5.97 Å². The van der Waals surface area contributed by atoms with Crippen molar-refractivity contribution in [2.45, 2.75) is 90.3 Å². The van der Waals surface area contributed by atoms with Crippen LogP contribution in [0.4, 0.5) is 0 Å². The summed E-state index contributed by atoms with van der Waals surface area (Å²) in [4.78, 5) is 12.0. The van der Waals surface area contributed by atoms with Gasteiger partial charge in [-0.1, -0.05) is 27.2 Å². The summed E-state index contributed by atoms with van der Waals surface area (Å²) in [5, 5.41) is 33.2. The third kappa shape index (κ3) is 2.08. The predicted molar refractivity (Wildman–Crippen MR) is 92.5 cm³/mol. The summed E-state index contributed by atoms with van der Waals surface area (Å²) in [5.41, 5.74) is -2.98. The Morgan fingerprint density at radius 3 is 2.12 bits per heavy atom. The zero-order valence-electron chi connectivity index (χ0n) is 15.6. The normalized spacial score (nSPS) is 51.8. The molecule has 4 nitrogen and oxygen atoms in total. The number of hydrogen-bond donors (Lipinski definition) is 3. The van der Waals surface area contributed by atoms with Gasteiger partial charge in [-0.3, -0.25) is 4.79 Å². The predicted octanol–water partition coefficient (Wildman–Crippen LogP) is 3.60. The Balaban J connectivity index is 2.07. The molecule has 3 saturated carbocycles. The molecule has 0 aliphatic heterocycles. The molecule has 0 aromatic heterocycles. The van der Waals surface area contributed by atoms with E-state index in [-0.39, 0.29) is 17.8 Å². The van der Waals surface area contributed by atoms with Crippen molar-refractivity contribution in [3.8, 4) is 0 Å². The number of hydrogen-bond acceptors (Lipinski definition) is 3. The number of carbonyl (C=O) groups is 1. The first-order chi connectivity index (χ1) is 11.0. The fourth-order valence-corrected chi connectivity index (χ4v) is 6.89. The molecule has 6 unspecified atom stereocenters. The second kappa shape index (κ2) is 5.44. The van der Waals surface area contributed by atoms with Crippen LogP contribution in [0, 0.1) is 28.6 Å². The molecule has 3 N–H and O–H groups in total. The molecule has 0 spiro atoms. The number of rotatable bonds is 2. The van der Waals surface area contributed by atoms with Crippen molar-refractivity contribution in [2.24, 2.45) is 28.6 Å². The Kier molecular flexibility index (Phi) is 4.12. The van der Waals surface area contributed by atoms with Gasteiger partial charge in [0.2, 0.25) is 0 Å². The molecule has 0 aromatic carbocycles. The van der Waals surface area contributed by atoms with Crippen LogP contribution < -0.4 is 0 Å². The molecule has 0 bridgehead atoms. The quantitative estimate of drug-likeness (QED) is 0.719. The van der Waals surface area contributed by atoms with Crippen molar-refractivity contribution in [1.82, 2.24) is 0 Å². The maximum absolute atomic E-state index is 12.0. The lowest BCUT2D eigenvalue weighted by atomic mass is 9.40. The maximum atomic E-state index is 12.0. The molecule has 6 atom stereocenters. The first-order valence-corrected chi connectivity index (χ1v) is 9.70. The molecule has 138 valence electrons. The van der Waals surface area contributed by atoms with E-state index in [1.165, 1.54) is 0 Å². The number of fused-ring (bicyclic) bond motifs is 3. The average Bonchev–Trinajstić information content (AvgIpc) is 2.48. The van der Waals surface area contributed by atoms with E-state index < -0.39 is 28.0 Å². The molecule has 3 aliphatic rings. The number of carboxylic acids is 1. The van der Waals surface area contributed by atoms with Crippen LogP contribution in [0.15, 0.2) is 0 Å². The van der Waals surface area contributed by atoms with Crippen LogP contribution in [0.2, 0.25) is 0 Å². The second-order valence-electron chi connectivity index (χ2n) is 9.60. The molecule has 0 radical (unpaired) electrons. The van der Waals surface area contributed by atoms with Gasteiger partial charge in [0.15, 0.2) is 0 Å². The Bertz CT molecular complexity index is 532. The zero-order chi connectivity index (χ0) is 18.0. The summed E-state index contributed by atoms with van der Waals surface area (Å²) in [6.45, 7) is 8.07. The minimum atomic E-state index is -0.954. The fourth-order valence-electron chi connectivity index (χ4n) is 6.89. The molecule has 4 heteroatoms. The van der Waals surface area contributed by atoms with Gasteiger partial charge in [-0.2, -0.15) is 0 Å². The van der Waals surface area contributed by atoms with Crippen LogP contribution in [-0.2, 0) is 4.79 Å². The lowest BCUT2D eigenvalue weighted by Crippen LogP contribution is -2.70. The standard InChI is InChI=1S/C20H34O4/c1-13(2)19(23)11-6-12-20(24)15(19)8-7-14-17(3,16(21)22)9-5-10-18(14,20)4/h13-15,23-24H,5-12H2,1-4H3,(H,21,22). The molecule has 24 heavy (non-hydrogen) atoms. The van der Waals surface area contributed by atoms with Gasteiger partial charge in [0.25, 0.3) is 0 Å². The SMILES string of the molecule is CC(C)C1(O)CCCC2(O)C1CCC1C(C)(C(=O)O)CCCC12C. The van der Waals surface area contributed by atoms with E-state index in [9.17, 15) is 20.1 Å². The molecule has 3 rings (SSSR count). The van der Waals surface area contributed by atoms with Crippen LogP contribution in [0.5, 0.6) is 0 Å². The average molecular weight is 338 g/mol. The maximum Gasteiger partial charge on any atom is 0.309 e. The van der Waals surface area contributed by atoms with Crippen LogP contribution in [0.3, 0.4) is 0 Å². The van der Waals surface area contributed by atoms with Crippen molar-refractivity contribution in [3.63, 3.8) is 0 Å². The molecule has 3 aliphatic carbocycles. The Hall–Kier alpha value is -0.610. The number of aliphatic hydroxyl groups is 2. The van der Waals surface area contributed by atoms with Gasteiger partial charge in [0.05, 0.1) is 16.6 Å². The summed E-state index contributed by atoms with van der Waals surface area (Å²) >= 11 is 0. The van der Waals surface area contributed by atoms with Crippen molar-refractivity contribution in [1.29, 1.82) is 0 Å². The molecule has 0 aromatic rings. The Labute approximate surface area is 145 Å². The van der Waals surface area contributed by atoms with E-state index in [1.54, 1.807) is 0 Å². The molecule has 3 fully saturated rings. The highest BCUT2D eigenvalue weighted by Crippen LogP contribution is 2.67. The minimum absolute atomic E-state index is 0.0213. The van der Waals surface area contributed by atoms with E-state index in [2.05, 4.69) is 6.92 Å². The smallest absolute Gasteiger partial charge is 0.309 e. The second-order valence-corrected chi connectivity index (χ2v) is 9.60. The third-order valence-corrected chi connectivity index (χ3v) is 8.47. The highest BCUT2D eigenvalue weighted by molar-refractivity contribution is 5.75. The lowest BCUT2D eigenvalue weighted by molar-refractivity contribution is -0.276. The van der Waals surface area contributed by atoms with Gasteiger partial charge >= 0.3 is 5.97 Å². The molecule has 0 saturated heterocycles.